The fourth-order valence-corrected chi connectivity index (χ4v) is 3.10. The van der Waals surface area contributed by atoms with Crippen molar-refractivity contribution in [1.29, 1.82) is 0 Å². The predicted molar refractivity (Wildman–Crippen MR) is 113 cm³/mol. The highest BCUT2D eigenvalue weighted by atomic mass is 16.5. The van der Waals surface area contributed by atoms with E-state index < -0.39 is 24.6 Å². The molecule has 1 aliphatic heterocycles. The van der Waals surface area contributed by atoms with Crippen molar-refractivity contribution in [2.45, 2.75) is 19.4 Å². The minimum absolute atomic E-state index is 0.0636. The van der Waals surface area contributed by atoms with Crippen molar-refractivity contribution in [2.24, 2.45) is 0 Å². The summed E-state index contributed by atoms with van der Waals surface area (Å²) in [6, 6.07) is 12.0. The van der Waals surface area contributed by atoms with E-state index in [0.29, 0.717) is 28.6 Å². The molecule has 0 aromatic heterocycles. The number of amides is 2. The first kappa shape index (κ1) is 21.9. The summed E-state index contributed by atoms with van der Waals surface area (Å²) in [6.07, 6.45) is -0.706. The molecule has 2 aromatic carbocycles. The Hall–Kier alpha value is -3.75. The molecule has 1 atom stereocenters. The first-order valence-corrected chi connectivity index (χ1v) is 9.67. The van der Waals surface area contributed by atoms with Gasteiger partial charge in [0.05, 0.1) is 32.0 Å². The van der Waals surface area contributed by atoms with Crippen LogP contribution in [-0.4, -0.2) is 51.3 Å². The van der Waals surface area contributed by atoms with E-state index in [0.717, 1.165) is 0 Å². The number of para-hydroxylation sites is 2. The van der Waals surface area contributed by atoms with Crippen LogP contribution in [0.5, 0.6) is 17.2 Å². The van der Waals surface area contributed by atoms with Crippen molar-refractivity contribution >= 4 is 29.2 Å². The third-order valence-corrected chi connectivity index (χ3v) is 4.66. The number of ether oxygens (including phenoxy) is 4. The summed E-state index contributed by atoms with van der Waals surface area (Å²) in [7, 11) is 2.99. The van der Waals surface area contributed by atoms with E-state index in [1.807, 2.05) is 6.07 Å². The van der Waals surface area contributed by atoms with Crippen molar-refractivity contribution in [3.8, 4) is 17.2 Å². The third-order valence-electron chi connectivity index (χ3n) is 4.66. The average Bonchev–Trinajstić information content (AvgIpc) is 2.78. The molecular formula is C22H24N2O7. The molecule has 0 bridgehead atoms. The van der Waals surface area contributed by atoms with Crippen LogP contribution in [0, 0.1) is 0 Å². The number of esters is 1. The van der Waals surface area contributed by atoms with Crippen LogP contribution in [0.25, 0.3) is 0 Å². The van der Waals surface area contributed by atoms with Crippen molar-refractivity contribution in [1.82, 2.24) is 0 Å². The minimum atomic E-state index is -0.642. The molecule has 0 aliphatic carbocycles. The summed E-state index contributed by atoms with van der Waals surface area (Å²) in [5.41, 5.74) is 1.02. The Labute approximate surface area is 179 Å². The first-order valence-electron chi connectivity index (χ1n) is 9.67. The maximum Gasteiger partial charge on any atom is 0.308 e. The van der Waals surface area contributed by atoms with E-state index in [-0.39, 0.29) is 18.9 Å². The van der Waals surface area contributed by atoms with Crippen LogP contribution in [-0.2, 0) is 19.1 Å². The second-order valence-corrected chi connectivity index (χ2v) is 6.74. The van der Waals surface area contributed by atoms with E-state index >= 15 is 0 Å². The third kappa shape index (κ3) is 5.25. The number of benzene rings is 2. The summed E-state index contributed by atoms with van der Waals surface area (Å²) < 4.78 is 20.9. The quantitative estimate of drug-likeness (QED) is 0.644. The number of hydrogen-bond donors (Lipinski definition) is 1. The number of nitrogens with one attached hydrogen (secondary N) is 1. The Kier molecular flexibility index (Phi) is 6.96. The summed E-state index contributed by atoms with van der Waals surface area (Å²) >= 11 is 0. The molecule has 0 saturated heterocycles. The molecule has 1 aliphatic rings. The lowest BCUT2D eigenvalue weighted by molar-refractivity contribution is -0.147. The van der Waals surface area contributed by atoms with E-state index in [1.54, 1.807) is 43.3 Å². The fourth-order valence-electron chi connectivity index (χ4n) is 3.10. The first-order chi connectivity index (χ1) is 14.9. The van der Waals surface area contributed by atoms with Crippen molar-refractivity contribution in [2.75, 3.05) is 37.6 Å². The monoisotopic (exact) mass is 428 g/mol. The fraction of sp³-hybridized carbons (Fsp3) is 0.318. The van der Waals surface area contributed by atoms with E-state index in [2.05, 4.69) is 5.32 Å². The lowest BCUT2D eigenvalue weighted by atomic mass is 10.2. The minimum Gasteiger partial charge on any atom is -0.497 e. The van der Waals surface area contributed by atoms with Gasteiger partial charge in [0.1, 0.15) is 17.2 Å². The standard InChI is InChI=1S/C22H24N2O7/c1-14-22(27)24(17-6-4-5-7-18(17)31-14)11-10-21(26)30-13-20(25)23-16-9-8-15(28-2)12-19(16)29-3/h4-9,12,14H,10-11,13H2,1-3H3,(H,23,25). The smallest absolute Gasteiger partial charge is 0.308 e. The zero-order valence-corrected chi connectivity index (χ0v) is 17.5. The Balaban J connectivity index is 1.52. The Morgan fingerprint density at radius 3 is 2.65 bits per heavy atom. The van der Waals surface area contributed by atoms with Gasteiger partial charge in [-0.05, 0) is 31.2 Å². The Morgan fingerprint density at radius 1 is 1.13 bits per heavy atom. The average molecular weight is 428 g/mol. The zero-order chi connectivity index (χ0) is 22.4. The van der Waals surface area contributed by atoms with Crippen LogP contribution in [0.4, 0.5) is 11.4 Å². The molecule has 31 heavy (non-hydrogen) atoms. The van der Waals surface area contributed by atoms with Gasteiger partial charge in [0.15, 0.2) is 12.7 Å². The molecule has 3 rings (SSSR count). The summed E-state index contributed by atoms with van der Waals surface area (Å²) in [6.45, 7) is 1.32. The Morgan fingerprint density at radius 2 is 1.90 bits per heavy atom. The van der Waals surface area contributed by atoms with E-state index in [4.69, 9.17) is 18.9 Å². The van der Waals surface area contributed by atoms with Gasteiger partial charge in [0, 0.05) is 12.6 Å². The second-order valence-electron chi connectivity index (χ2n) is 6.74. The number of hydrogen-bond acceptors (Lipinski definition) is 7. The van der Waals surface area contributed by atoms with E-state index in [1.165, 1.54) is 19.1 Å². The van der Waals surface area contributed by atoms with Crippen molar-refractivity contribution in [3.05, 3.63) is 42.5 Å². The molecule has 2 amide bonds. The van der Waals surface area contributed by atoms with Crippen LogP contribution in [0.2, 0.25) is 0 Å². The normalized spacial score (nSPS) is 14.9. The van der Waals surface area contributed by atoms with Gasteiger partial charge in [-0.2, -0.15) is 0 Å². The lowest BCUT2D eigenvalue weighted by Gasteiger charge is -2.32. The largest absolute Gasteiger partial charge is 0.497 e. The number of carbonyl (C=O) groups is 3. The maximum atomic E-state index is 12.4. The highest BCUT2D eigenvalue weighted by molar-refractivity contribution is 6.00. The summed E-state index contributed by atoms with van der Waals surface area (Å²) in [5, 5.41) is 2.62. The van der Waals surface area contributed by atoms with Gasteiger partial charge in [-0.15, -0.1) is 0 Å². The number of anilines is 2. The van der Waals surface area contributed by atoms with Crippen molar-refractivity contribution in [3.63, 3.8) is 0 Å². The van der Waals surface area contributed by atoms with Gasteiger partial charge < -0.3 is 29.2 Å². The number of nitrogens with zero attached hydrogens (tertiary/aromatic N) is 1. The molecule has 0 radical (unpaired) electrons. The molecule has 0 spiro atoms. The number of rotatable bonds is 8. The molecule has 9 nitrogen and oxygen atoms in total. The number of fused-ring (bicyclic) bond motifs is 1. The highest BCUT2D eigenvalue weighted by Crippen LogP contribution is 2.33. The summed E-state index contributed by atoms with van der Waals surface area (Å²) in [4.78, 5) is 38.2. The topological polar surface area (TPSA) is 103 Å². The molecule has 164 valence electrons. The molecule has 1 unspecified atom stereocenters. The molecule has 1 N–H and O–H groups in total. The van der Waals surface area contributed by atoms with Gasteiger partial charge in [0.25, 0.3) is 11.8 Å². The zero-order valence-electron chi connectivity index (χ0n) is 17.5. The molecular weight excluding hydrogens is 404 g/mol. The van der Waals surface area contributed by atoms with Crippen LogP contribution >= 0.6 is 0 Å². The SMILES string of the molecule is COc1ccc(NC(=O)COC(=O)CCN2C(=O)C(C)Oc3ccccc32)c(OC)c1. The molecule has 0 saturated carbocycles. The van der Waals surface area contributed by atoms with Gasteiger partial charge in [-0.1, -0.05) is 12.1 Å². The second kappa shape index (κ2) is 9.84. The van der Waals surface area contributed by atoms with Crippen LogP contribution in [0.1, 0.15) is 13.3 Å². The molecule has 2 aromatic rings. The summed E-state index contributed by atoms with van der Waals surface area (Å²) in [5.74, 6) is 0.221. The van der Waals surface area contributed by atoms with Gasteiger partial charge in [-0.25, -0.2) is 0 Å². The lowest BCUT2D eigenvalue weighted by Crippen LogP contribution is -2.45. The number of methoxy groups -OCH3 is 2. The van der Waals surface area contributed by atoms with Gasteiger partial charge >= 0.3 is 5.97 Å². The van der Waals surface area contributed by atoms with Crippen molar-refractivity contribution < 1.29 is 33.3 Å². The van der Waals surface area contributed by atoms with Gasteiger partial charge in [0.2, 0.25) is 0 Å². The maximum absolute atomic E-state index is 12.4. The Bertz CT molecular complexity index is 976. The molecule has 0 fully saturated rings. The van der Waals surface area contributed by atoms with E-state index in [9.17, 15) is 14.4 Å². The predicted octanol–water partition coefficient (Wildman–Crippen LogP) is 2.39. The number of carbonyl (C=O) groups excluding carboxylic acids is 3. The van der Waals surface area contributed by atoms with Crippen LogP contribution in [0.15, 0.2) is 42.5 Å². The molecule has 9 heteroatoms. The van der Waals surface area contributed by atoms with Crippen LogP contribution in [0.3, 0.4) is 0 Å². The highest BCUT2D eigenvalue weighted by Gasteiger charge is 2.31. The molecule has 1 heterocycles. The van der Waals surface area contributed by atoms with Gasteiger partial charge in [-0.3, -0.25) is 14.4 Å². The van der Waals surface area contributed by atoms with Crippen LogP contribution < -0.4 is 24.4 Å².